The van der Waals surface area contributed by atoms with E-state index in [1.807, 2.05) is 6.20 Å². The number of ether oxygens (including phenoxy) is 1. The number of nitrogens with two attached hydrogens (primary N) is 1. The molecule has 82 valence electrons. The average molecular weight is 207 g/mol. The Bertz CT molecular complexity index is 351. The van der Waals surface area contributed by atoms with E-state index in [0.29, 0.717) is 12.0 Å². The third kappa shape index (κ3) is 1.63. The smallest absolute Gasteiger partial charge is 0.0736 e. The molecule has 4 nitrogen and oxygen atoms in total. The van der Waals surface area contributed by atoms with Crippen LogP contribution in [0, 0.1) is 0 Å². The molecule has 4 heteroatoms. The molecule has 2 heterocycles. The summed E-state index contributed by atoms with van der Waals surface area (Å²) in [7, 11) is 0. The molecule has 3 rings (SSSR count). The first-order valence-electron chi connectivity index (χ1n) is 5.77. The highest BCUT2D eigenvalue weighted by molar-refractivity contribution is 5.45. The highest BCUT2D eigenvalue weighted by Crippen LogP contribution is 2.44. The topological polar surface area (TPSA) is 53.1 Å². The Balaban J connectivity index is 1.89. The minimum atomic E-state index is 0.506. The summed E-state index contributed by atoms with van der Waals surface area (Å²) >= 11 is 0. The molecule has 0 spiro atoms. The molecule has 2 aliphatic rings. The van der Waals surface area contributed by atoms with Crippen LogP contribution in [0.4, 0.5) is 5.69 Å². The maximum atomic E-state index is 5.97. The van der Waals surface area contributed by atoms with Crippen molar-refractivity contribution in [3.8, 4) is 0 Å². The van der Waals surface area contributed by atoms with Gasteiger partial charge in [0.2, 0.25) is 0 Å². The van der Waals surface area contributed by atoms with Gasteiger partial charge < -0.3 is 10.5 Å². The predicted octanol–water partition coefficient (Wildman–Crippen LogP) is 1.69. The minimum absolute atomic E-state index is 0.506. The van der Waals surface area contributed by atoms with Gasteiger partial charge in [-0.05, 0) is 25.7 Å². The van der Waals surface area contributed by atoms with Gasteiger partial charge >= 0.3 is 0 Å². The fourth-order valence-electron chi connectivity index (χ4n) is 2.39. The summed E-state index contributed by atoms with van der Waals surface area (Å²) in [5, 5.41) is 4.44. The van der Waals surface area contributed by atoms with Crippen molar-refractivity contribution in [3.05, 3.63) is 11.9 Å². The van der Waals surface area contributed by atoms with E-state index in [1.165, 1.54) is 18.5 Å². The third-order valence-electron chi connectivity index (χ3n) is 3.36. The van der Waals surface area contributed by atoms with E-state index in [2.05, 4.69) is 9.78 Å². The monoisotopic (exact) mass is 207 g/mol. The molecule has 0 atom stereocenters. The van der Waals surface area contributed by atoms with Crippen LogP contribution in [0.1, 0.15) is 43.3 Å². The van der Waals surface area contributed by atoms with Crippen molar-refractivity contribution in [1.29, 1.82) is 0 Å². The number of hydrogen-bond donors (Lipinski definition) is 1. The predicted molar refractivity (Wildman–Crippen MR) is 57.7 cm³/mol. The first-order chi connectivity index (χ1) is 7.36. The van der Waals surface area contributed by atoms with E-state index in [4.69, 9.17) is 10.5 Å². The van der Waals surface area contributed by atoms with Crippen molar-refractivity contribution in [2.75, 3.05) is 18.9 Å². The van der Waals surface area contributed by atoms with E-state index < -0.39 is 0 Å². The quantitative estimate of drug-likeness (QED) is 0.803. The molecule has 1 aromatic rings. The minimum Gasteiger partial charge on any atom is -0.396 e. The third-order valence-corrected chi connectivity index (χ3v) is 3.36. The molecule has 0 amide bonds. The number of anilines is 1. The molecule has 0 unspecified atom stereocenters. The zero-order valence-electron chi connectivity index (χ0n) is 8.85. The Kier molecular flexibility index (Phi) is 2.16. The lowest BCUT2D eigenvalue weighted by Crippen LogP contribution is -2.22. The molecular weight excluding hydrogens is 190 g/mol. The van der Waals surface area contributed by atoms with E-state index in [1.54, 1.807) is 0 Å². The van der Waals surface area contributed by atoms with Crippen LogP contribution in [0.3, 0.4) is 0 Å². The summed E-state index contributed by atoms with van der Waals surface area (Å²) in [4.78, 5) is 0. The fraction of sp³-hybridized carbons (Fsp3) is 0.727. The van der Waals surface area contributed by atoms with Crippen molar-refractivity contribution >= 4 is 5.69 Å². The lowest BCUT2D eigenvalue weighted by Gasteiger charge is -2.24. The number of nitrogens with zero attached hydrogens (tertiary/aromatic N) is 2. The maximum absolute atomic E-state index is 5.97. The Labute approximate surface area is 89.4 Å². The summed E-state index contributed by atoms with van der Waals surface area (Å²) < 4.78 is 7.53. The fourth-order valence-corrected chi connectivity index (χ4v) is 2.39. The van der Waals surface area contributed by atoms with Gasteiger partial charge in [-0.25, -0.2) is 0 Å². The summed E-state index contributed by atoms with van der Waals surface area (Å²) in [6, 6.07) is 0.506. The molecule has 0 aromatic carbocycles. The first kappa shape index (κ1) is 9.21. The Morgan fingerprint density at radius 3 is 2.67 bits per heavy atom. The maximum Gasteiger partial charge on any atom is 0.0736 e. The Morgan fingerprint density at radius 2 is 2.00 bits per heavy atom. The Hall–Kier alpha value is -1.03. The lowest BCUT2D eigenvalue weighted by molar-refractivity contribution is 0.0654. The zero-order valence-corrected chi connectivity index (χ0v) is 8.85. The number of aromatic nitrogens is 2. The van der Waals surface area contributed by atoms with Gasteiger partial charge in [-0.2, -0.15) is 5.10 Å². The summed E-state index contributed by atoms with van der Waals surface area (Å²) in [6.07, 6.45) is 6.50. The second-order valence-electron chi connectivity index (χ2n) is 4.55. The lowest BCUT2D eigenvalue weighted by atomic mass is 10.1. The molecule has 1 aromatic heterocycles. The van der Waals surface area contributed by atoms with Crippen LogP contribution in [-0.4, -0.2) is 23.0 Å². The second-order valence-corrected chi connectivity index (χ2v) is 4.55. The summed E-state index contributed by atoms with van der Waals surface area (Å²) in [5.41, 5.74) is 8.13. The molecule has 2 fully saturated rings. The molecule has 1 saturated carbocycles. The Morgan fingerprint density at radius 1 is 1.27 bits per heavy atom. The van der Waals surface area contributed by atoms with Crippen molar-refractivity contribution < 1.29 is 4.74 Å². The van der Waals surface area contributed by atoms with Crippen LogP contribution < -0.4 is 5.73 Å². The SMILES string of the molecule is Nc1cnn(C2CCOCC2)c1C1CC1. The van der Waals surface area contributed by atoms with Crippen LogP contribution >= 0.6 is 0 Å². The van der Waals surface area contributed by atoms with Crippen LogP contribution in [0.25, 0.3) is 0 Å². The largest absolute Gasteiger partial charge is 0.396 e. The molecule has 1 saturated heterocycles. The number of rotatable bonds is 2. The molecular formula is C11H17N3O. The van der Waals surface area contributed by atoms with Crippen LogP contribution in [0.15, 0.2) is 6.20 Å². The second kappa shape index (κ2) is 3.52. The standard InChI is InChI=1S/C11H17N3O/c12-10-7-13-14(11(10)8-1-2-8)9-3-5-15-6-4-9/h7-9H,1-6,12H2. The van der Waals surface area contributed by atoms with Gasteiger partial charge in [0.05, 0.1) is 23.6 Å². The van der Waals surface area contributed by atoms with E-state index in [9.17, 15) is 0 Å². The molecule has 1 aliphatic carbocycles. The van der Waals surface area contributed by atoms with Crippen LogP contribution in [-0.2, 0) is 4.74 Å². The highest BCUT2D eigenvalue weighted by atomic mass is 16.5. The normalized spacial score (nSPS) is 23.2. The van der Waals surface area contributed by atoms with Gasteiger partial charge in [0.15, 0.2) is 0 Å². The van der Waals surface area contributed by atoms with E-state index in [-0.39, 0.29) is 0 Å². The van der Waals surface area contributed by atoms with E-state index in [0.717, 1.165) is 31.7 Å². The average Bonchev–Trinajstić information content (AvgIpc) is 3.03. The molecule has 0 bridgehead atoms. The van der Waals surface area contributed by atoms with Crippen LogP contribution in [0.5, 0.6) is 0 Å². The molecule has 15 heavy (non-hydrogen) atoms. The van der Waals surface area contributed by atoms with Crippen molar-refractivity contribution in [1.82, 2.24) is 9.78 Å². The van der Waals surface area contributed by atoms with Crippen molar-refractivity contribution in [2.45, 2.75) is 37.6 Å². The van der Waals surface area contributed by atoms with Gasteiger partial charge in [0.25, 0.3) is 0 Å². The molecule has 0 radical (unpaired) electrons. The highest BCUT2D eigenvalue weighted by Gasteiger charge is 2.32. The zero-order chi connectivity index (χ0) is 10.3. The van der Waals surface area contributed by atoms with Gasteiger partial charge in [-0.3, -0.25) is 4.68 Å². The molecule has 2 N–H and O–H groups in total. The van der Waals surface area contributed by atoms with E-state index >= 15 is 0 Å². The summed E-state index contributed by atoms with van der Waals surface area (Å²) in [5.74, 6) is 0.676. The number of hydrogen-bond acceptors (Lipinski definition) is 3. The number of nitrogen functional groups attached to an aromatic ring is 1. The first-order valence-corrected chi connectivity index (χ1v) is 5.77. The molecule has 1 aliphatic heterocycles. The van der Waals surface area contributed by atoms with Crippen molar-refractivity contribution in [3.63, 3.8) is 0 Å². The summed E-state index contributed by atoms with van der Waals surface area (Å²) in [6.45, 7) is 1.71. The van der Waals surface area contributed by atoms with Crippen molar-refractivity contribution in [2.24, 2.45) is 0 Å². The van der Waals surface area contributed by atoms with Crippen LogP contribution in [0.2, 0.25) is 0 Å². The van der Waals surface area contributed by atoms with Gasteiger partial charge in [-0.15, -0.1) is 0 Å². The van der Waals surface area contributed by atoms with Gasteiger partial charge in [0, 0.05) is 19.1 Å². The van der Waals surface area contributed by atoms with Gasteiger partial charge in [-0.1, -0.05) is 0 Å². The van der Waals surface area contributed by atoms with Gasteiger partial charge in [0.1, 0.15) is 0 Å².